The van der Waals surface area contributed by atoms with Gasteiger partial charge in [0, 0.05) is 0 Å². The molecular formula is C24H24BFN4O. The second-order valence-electron chi connectivity index (χ2n) is 8.22. The summed E-state index contributed by atoms with van der Waals surface area (Å²) in [6.07, 6.45) is 0.845. The maximum absolute atomic E-state index is 13.8. The first kappa shape index (κ1) is 19.9. The SMILES string of the molecule is C=Bc1cc(CN2CCn3c2nc(=O)c2c3CCN(Cc3ccccc3)C2)ccc1F. The predicted octanol–water partition coefficient (Wildman–Crippen LogP) is 1.72. The summed E-state index contributed by atoms with van der Waals surface area (Å²) in [5, 5.41) is 0. The van der Waals surface area contributed by atoms with Gasteiger partial charge in [-0.25, -0.2) is 0 Å². The van der Waals surface area contributed by atoms with Crippen molar-refractivity contribution in [3.05, 3.63) is 87.1 Å². The molecule has 0 N–H and O–H groups in total. The van der Waals surface area contributed by atoms with Crippen molar-refractivity contribution in [3.63, 3.8) is 0 Å². The first-order valence-corrected chi connectivity index (χ1v) is 10.7. The zero-order valence-corrected chi connectivity index (χ0v) is 17.4. The van der Waals surface area contributed by atoms with Gasteiger partial charge in [-0.3, -0.25) is 0 Å². The number of nitrogens with zero attached hydrogens (tertiary/aromatic N) is 4. The fraction of sp³-hybridized carbons (Fsp3) is 0.292. The third-order valence-electron chi connectivity index (χ3n) is 6.20. The van der Waals surface area contributed by atoms with E-state index in [9.17, 15) is 9.18 Å². The molecule has 5 nitrogen and oxygen atoms in total. The molecule has 31 heavy (non-hydrogen) atoms. The summed E-state index contributed by atoms with van der Waals surface area (Å²) < 4.78 is 16.0. The molecule has 3 heterocycles. The Bertz CT molecular complexity index is 1190. The zero-order valence-electron chi connectivity index (χ0n) is 17.4. The predicted molar refractivity (Wildman–Crippen MR) is 123 cm³/mol. The fourth-order valence-electron chi connectivity index (χ4n) is 4.63. The summed E-state index contributed by atoms with van der Waals surface area (Å²) in [7, 11) is 0. The summed E-state index contributed by atoms with van der Waals surface area (Å²) in [4.78, 5) is 21.8. The minimum absolute atomic E-state index is 0.128. The molecule has 3 aromatic rings. The molecule has 0 amide bonds. The molecule has 0 aliphatic carbocycles. The first-order valence-electron chi connectivity index (χ1n) is 10.7. The van der Waals surface area contributed by atoms with Crippen LogP contribution < -0.4 is 15.9 Å². The van der Waals surface area contributed by atoms with Crippen LogP contribution in [-0.2, 0) is 32.6 Å². The van der Waals surface area contributed by atoms with Crippen LogP contribution in [0.4, 0.5) is 10.3 Å². The van der Waals surface area contributed by atoms with Gasteiger partial charge >= 0.3 is 145 Å². The molecule has 0 spiro atoms. The average Bonchev–Trinajstić information content (AvgIpc) is 3.18. The Morgan fingerprint density at radius 2 is 1.87 bits per heavy atom. The van der Waals surface area contributed by atoms with Crippen molar-refractivity contribution in [2.45, 2.75) is 32.6 Å². The van der Waals surface area contributed by atoms with Crippen molar-refractivity contribution in [1.82, 2.24) is 14.5 Å². The van der Waals surface area contributed by atoms with E-state index in [1.54, 1.807) is 6.07 Å². The number of halogens is 1. The number of aromatic nitrogens is 2. The molecule has 5 rings (SSSR count). The van der Waals surface area contributed by atoms with Crippen LogP contribution >= 0.6 is 0 Å². The van der Waals surface area contributed by atoms with Crippen molar-refractivity contribution >= 4 is 24.8 Å². The van der Waals surface area contributed by atoms with E-state index in [1.165, 1.54) is 18.6 Å². The van der Waals surface area contributed by atoms with Crippen LogP contribution in [0.5, 0.6) is 0 Å². The molecule has 7 heteroatoms. The van der Waals surface area contributed by atoms with Gasteiger partial charge in [-0.05, 0) is 5.56 Å². The van der Waals surface area contributed by atoms with Gasteiger partial charge in [-0.2, -0.15) is 0 Å². The molecule has 2 aliphatic rings. The Morgan fingerprint density at radius 1 is 1.03 bits per heavy atom. The molecule has 0 atom stereocenters. The number of fused-ring (bicyclic) bond motifs is 3. The number of rotatable bonds is 5. The van der Waals surface area contributed by atoms with E-state index in [-0.39, 0.29) is 11.4 Å². The fourth-order valence-corrected chi connectivity index (χ4v) is 4.63. The molecular weight excluding hydrogens is 390 g/mol. The average molecular weight is 414 g/mol. The molecule has 2 aromatic carbocycles. The van der Waals surface area contributed by atoms with E-state index in [0.29, 0.717) is 18.6 Å². The molecule has 0 unspecified atom stereocenters. The maximum atomic E-state index is 13.8. The second kappa shape index (κ2) is 8.23. The number of hydrogen-bond acceptors (Lipinski definition) is 4. The summed E-state index contributed by atoms with van der Waals surface area (Å²) >= 11 is 0. The molecule has 2 aliphatic heterocycles. The molecule has 0 bridgehead atoms. The summed E-state index contributed by atoms with van der Waals surface area (Å²) in [6.45, 7) is 9.79. The van der Waals surface area contributed by atoms with Crippen LogP contribution in [0.15, 0.2) is 53.3 Å². The number of anilines is 1. The van der Waals surface area contributed by atoms with Crippen molar-refractivity contribution in [1.29, 1.82) is 0 Å². The van der Waals surface area contributed by atoms with E-state index in [4.69, 9.17) is 0 Å². The third-order valence-corrected chi connectivity index (χ3v) is 6.20. The molecule has 0 radical (unpaired) electrons. The Morgan fingerprint density at radius 3 is 2.68 bits per heavy atom. The molecule has 156 valence electrons. The quantitative estimate of drug-likeness (QED) is 0.597. The first-order chi connectivity index (χ1) is 15.1. The number of benzene rings is 2. The van der Waals surface area contributed by atoms with Gasteiger partial charge in [0.25, 0.3) is 0 Å². The monoisotopic (exact) mass is 414 g/mol. The Balaban J connectivity index is 1.39. The van der Waals surface area contributed by atoms with E-state index in [2.05, 4.69) is 38.0 Å². The summed E-state index contributed by atoms with van der Waals surface area (Å²) in [6, 6.07) is 15.4. The standard InChI is InChI=1S/C24H24BFN4O/c1-25-20-13-18(7-8-21(20)26)15-29-11-12-30-22-9-10-28(14-17-5-3-2-4-6-17)16-19(22)23(31)27-24(29)30/h2-8,13H,1,9-12,14-16H2. The van der Waals surface area contributed by atoms with Crippen LogP contribution in [0.2, 0.25) is 0 Å². The van der Waals surface area contributed by atoms with Gasteiger partial charge in [0.15, 0.2) is 0 Å². The van der Waals surface area contributed by atoms with Crippen LogP contribution in [0.3, 0.4) is 0 Å². The molecule has 0 saturated carbocycles. The number of hydrogen-bond donors (Lipinski definition) is 0. The van der Waals surface area contributed by atoms with Gasteiger partial charge in [0.05, 0.1) is 0 Å². The van der Waals surface area contributed by atoms with E-state index >= 15 is 0 Å². The van der Waals surface area contributed by atoms with Crippen molar-refractivity contribution in [3.8, 4) is 0 Å². The Labute approximate surface area is 181 Å². The van der Waals surface area contributed by atoms with Gasteiger partial charge in [0.2, 0.25) is 0 Å². The van der Waals surface area contributed by atoms with Gasteiger partial charge in [0.1, 0.15) is 0 Å². The molecule has 0 fully saturated rings. The summed E-state index contributed by atoms with van der Waals surface area (Å²) in [5.74, 6) is 0.453. The van der Waals surface area contributed by atoms with Crippen molar-refractivity contribution in [2.75, 3.05) is 18.0 Å². The topological polar surface area (TPSA) is 41.4 Å². The van der Waals surface area contributed by atoms with Crippen LogP contribution in [-0.4, -0.2) is 40.9 Å². The van der Waals surface area contributed by atoms with Gasteiger partial charge < -0.3 is 0 Å². The van der Waals surface area contributed by atoms with Crippen molar-refractivity contribution in [2.24, 2.45) is 0 Å². The van der Waals surface area contributed by atoms with Gasteiger partial charge in [-0.15, -0.1) is 0 Å². The van der Waals surface area contributed by atoms with E-state index in [1.807, 2.05) is 24.3 Å². The second-order valence-corrected chi connectivity index (χ2v) is 8.22. The van der Waals surface area contributed by atoms with E-state index in [0.717, 1.165) is 55.4 Å². The van der Waals surface area contributed by atoms with Gasteiger partial charge in [-0.1, -0.05) is 30.3 Å². The normalized spacial score (nSPS) is 15.5. The van der Waals surface area contributed by atoms with Crippen LogP contribution in [0, 0.1) is 5.82 Å². The Hall–Kier alpha value is -3.06. The minimum atomic E-state index is -0.274. The van der Waals surface area contributed by atoms with Crippen LogP contribution in [0.25, 0.3) is 0 Å². The zero-order chi connectivity index (χ0) is 21.4. The van der Waals surface area contributed by atoms with Crippen LogP contribution in [0.1, 0.15) is 22.4 Å². The summed E-state index contributed by atoms with van der Waals surface area (Å²) in [5.41, 5.74) is 4.54. The van der Waals surface area contributed by atoms with E-state index < -0.39 is 0 Å². The van der Waals surface area contributed by atoms with Crippen molar-refractivity contribution < 1.29 is 4.39 Å². The third kappa shape index (κ3) is 3.86. The molecule has 0 saturated heterocycles. The Kier molecular flexibility index (Phi) is 5.28. The molecule has 1 aromatic heterocycles.